The van der Waals surface area contributed by atoms with E-state index < -0.39 is 0 Å². The van der Waals surface area contributed by atoms with Crippen LogP contribution in [-0.2, 0) is 11.2 Å². The van der Waals surface area contributed by atoms with E-state index in [1.165, 1.54) is 25.5 Å². The molecule has 1 aliphatic carbocycles. The van der Waals surface area contributed by atoms with Crippen molar-refractivity contribution in [3.05, 3.63) is 34.6 Å². The monoisotopic (exact) mass is 328 g/mol. The van der Waals surface area contributed by atoms with Gasteiger partial charge in [0.25, 0.3) is 0 Å². The van der Waals surface area contributed by atoms with Gasteiger partial charge >= 0.3 is 5.97 Å². The molecule has 0 bridgehead atoms. The van der Waals surface area contributed by atoms with Crippen LogP contribution in [0, 0.1) is 6.92 Å². The first-order chi connectivity index (χ1) is 11.5. The van der Waals surface area contributed by atoms with E-state index in [1.54, 1.807) is 0 Å². The fourth-order valence-corrected chi connectivity index (χ4v) is 2.88. The second-order valence-corrected chi connectivity index (χ2v) is 6.68. The zero-order valence-corrected chi connectivity index (χ0v) is 14.7. The molecule has 6 heteroatoms. The smallest absolute Gasteiger partial charge is 0.338 e. The summed E-state index contributed by atoms with van der Waals surface area (Å²) in [6.07, 6.45) is 3.16. The van der Waals surface area contributed by atoms with E-state index in [0.29, 0.717) is 17.3 Å². The number of nitrogens with one attached hydrogen (secondary N) is 1. The molecule has 0 saturated heterocycles. The number of benzene rings is 1. The Morgan fingerprint density at radius 2 is 2.08 bits per heavy atom. The van der Waals surface area contributed by atoms with Gasteiger partial charge in [0, 0.05) is 18.5 Å². The molecule has 1 saturated carbocycles. The summed E-state index contributed by atoms with van der Waals surface area (Å²) in [6.45, 7) is 2.90. The van der Waals surface area contributed by atoms with Crippen LogP contribution in [0.25, 0.3) is 11.4 Å². The first kappa shape index (κ1) is 16.6. The summed E-state index contributed by atoms with van der Waals surface area (Å²) in [4.78, 5) is 17.5. The number of hydrogen-bond acceptors (Lipinski definition) is 5. The lowest BCUT2D eigenvalue weighted by Crippen LogP contribution is -2.15. The van der Waals surface area contributed by atoms with Gasteiger partial charge in [0.05, 0.1) is 12.7 Å². The van der Waals surface area contributed by atoms with Crippen LogP contribution in [0.4, 0.5) is 0 Å². The molecule has 3 rings (SSSR count). The molecule has 1 aromatic carbocycles. The van der Waals surface area contributed by atoms with Crippen molar-refractivity contribution < 1.29 is 9.53 Å². The lowest BCUT2D eigenvalue weighted by atomic mass is 9.95. The number of rotatable bonds is 6. The second kappa shape index (κ2) is 6.73. The number of esters is 1. The van der Waals surface area contributed by atoms with Gasteiger partial charge < -0.3 is 14.6 Å². The third kappa shape index (κ3) is 3.48. The van der Waals surface area contributed by atoms with Gasteiger partial charge in [-0.2, -0.15) is 0 Å². The largest absolute Gasteiger partial charge is 0.465 e. The maximum absolute atomic E-state index is 12.1. The van der Waals surface area contributed by atoms with Crippen molar-refractivity contribution in [2.24, 2.45) is 0 Å². The maximum atomic E-state index is 12.1. The number of aromatic amines is 1. The number of likely N-dealkylation sites (N-methyl/N-ethyl adjacent to an activating group) is 1. The van der Waals surface area contributed by atoms with E-state index in [-0.39, 0.29) is 5.97 Å². The van der Waals surface area contributed by atoms with Crippen LogP contribution < -0.4 is 0 Å². The minimum absolute atomic E-state index is 0.302. The van der Waals surface area contributed by atoms with Gasteiger partial charge in [-0.05, 0) is 63.0 Å². The van der Waals surface area contributed by atoms with E-state index in [4.69, 9.17) is 4.74 Å². The summed E-state index contributed by atoms with van der Waals surface area (Å²) in [5, 5.41) is 8.49. The molecular formula is C18H24N4O2. The third-order valence-corrected chi connectivity index (χ3v) is 4.47. The summed E-state index contributed by atoms with van der Waals surface area (Å²) in [7, 11) is 5.47. The van der Waals surface area contributed by atoms with Gasteiger partial charge in [-0.3, -0.25) is 0 Å². The Kier molecular flexibility index (Phi) is 4.66. The van der Waals surface area contributed by atoms with Gasteiger partial charge in [0.15, 0.2) is 5.82 Å². The SMILES string of the molecule is COC(=O)c1cc(-c2nnc(CCN(C)C)[nH]2)cc(C2CC2)c1C. The lowest BCUT2D eigenvalue weighted by molar-refractivity contribution is 0.0600. The summed E-state index contributed by atoms with van der Waals surface area (Å²) in [6, 6.07) is 3.99. The van der Waals surface area contributed by atoms with Crippen molar-refractivity contribution in [2.75, 3.05) is 27.7 Å². The molecule has 1 heterocycles. The zero-order valence-electron chi connectivity index (χ0n) is 14.7. The van der Waals surface area contributed by atoms with E-state index >= 15 is 0 Å². The van der Waals surface area contributed by atoms with Crippen LogP contribution in [0.3, 0.4) is 0 Å². The fraction of sp³-hybridized carbons (Fsp3) is 0.500. The zero-order chi connectivity index (χ0) is 17.3. The van der Waals surface area contributed by atoms with E-state index in [1.807, 2.05) is 27.1 Å². The van der Waals surface area contributed by atoms with Crippen LogP contribution in [0.1, 0.15) is 46.1 Å². The molecule has 128 valence electrons. The summed E-state index contributed by atoms with van der Waals surface area (Å²) in [5.41, 5.74) is 3.74. The Hall–Kier alpha value is -2.21. The predicted molar refractivity (Wildman–Crippen MR) is 92.1 cm³/mol. The van der Waals surface area contributed by atoms with Crippen molar-refractivity contribution in [2.45, 2.75) is 32.1 Å². The maximum Gasteiger partial charge on any atom is 0.338 e. The molecule has 1 N–H and O–H groups in total. The molecule has 0 radical (unpaired) electrons. The van der Waals surface area contributed by atoms with Crippen molar-refractivity contribution >= 4 is 5.97 Å². The Balaban J connectivity index is 1.95. The van der Waals surface area contributed by atoms with Crippen LogP contribution in [0.5, 0.6) is 0 Å². The van der Waals surface area contributed by atoms with E-state index in [0.717, 1.165) is 29.9 Å². The third-order valence-electron chi connectivity index (χ3n) is 4.47. The number of carbonyl (C=O) groups is 1. The molecular weight excluding hydrogens is 304 g/mol. The van der Waals surface area contributed by atoms with Crippen molar-refractivity contribution in [3.8, 4) is 11.4 Å². The van der Waals surface area contributed by atoms with Gasteiger partial charge in [-0.25, -0.2) is 4.79 Å². The van der Waals surface area contributed by atoms with Crippen molar-refractivity contribution in [1.82, 2.24) is 20.1 Å². The Labute approximate surface area is 142 Å². The van der Waals surface area contributed by atoms with Crippen molar-refractivity contribution in [1.29, 1.82) is 0 Å². The number of aromatic nitrogens is 3. The number of carbonyl (C=O) groups excluding carboxylic acids is 1. The molecule has 0 unspecified atom stereocenters. The quantitative estimate of drug-likeness (QED) is 0.825. The number of methoxy groups -OCH3 is 1. The highest BCUT2D eigenvalue weighted by Crippen LogP contribution is 2.43. The summed E-state index contributed by atoms with van der Waals surface area (Å²) in [5.74, 6) is 1.80. The molecule has 0 atom stereocenters. The van der Waals surface area contributed by atoms with Crippen LogP contribution in [0.2, 0.25) is 0 Å². The van der Waals surface area contributed by atoms with Gasteiger partial charge in [0.1, 0.15) is 5.82 Å². The average molecular weight is 328 g/mol. The van der Waals surface area contributed by atoms with Crippen LogP contribution in [0.15, 0.2) is 12.1 Å². The minimum Gasteiger partial charge on any atom is -0.465 e. The van der Waals surface area contributed by atoms with Crippen LogP contribution >= 0.6 is 0 Å². The predicted octanol–water partition coefficient (Wildman–Crippen LogP) is 2.55. The Bertz CT molecular complexity index is 747. The van der Waals surface area contributed by atoms with Gasteiger partial charge in [0.2, 0.25) is 0 Å². The fourth-order valence-electron chi connectivity index (χ4n) is 2.88. The highest BCUT2D eigenvalue weighted by atomic mass is 16.5. The normalized spacial score (nSPS) is 14.2. The standard InChI is InChI=1S/C18H24N4O2/c1-11-14(12-5-6-12)9-13(10-15(11)18(23)24-4)17-19-16(20-21-17)7-8-22(2)3/h9-10,12H,5-8H2,1-4H3,(H,19,20,21). The highest BCUT2D eigenvalue weighted by Gasteiger charge is 2.28. The Morgan fingerprint density at radius 3 is 2.71 bits per heavy atom. The second-order valence-electron chi connectivity index (χ2n) is 6.68. The molecule has 0 amide bonds. The average Bonchev–Trinajstić information content (AvgIpc) is 3.30. The van der Waals surface area contributed by atoms with Crippen molar-refractivity contribution in [3.63, 3.8) is 0 Å². The molecule has 1 aliphatic rings. The number of H-pyrrole nitrogens is 1. The molecule has 6 nitrogen and oxygen atoms in total. The number of nitrogens with zero attached hydrogens (tertiary/aromatic N) is 3. The Morgan fingerprint density at radius 1 is 1.33 bits per heavy atom. The van der Waals surface area contributed by atoms with E-state index in [9.17, 15) is 4.79 Å². The van der Waals surface area contributed by atoms with Gasteiger partial charge in [-0.1, -0.05) is 0 Å². The number of ether oxygens (including phenoxy) is 1. The molecule has 0 spiro atoms. The van der Waals surface area contributed by atoms with E-state index in [2.05, 4.69) is 26.1 Å². The summed E-state index contributed by atoms with van der Waals surface area (Å²) < 4.78 is 4.94. The molecule has 1 aromatic heterocycles. The molecule has 24 heavy (non-hydrogen) atoms. The molecule has 1 fully saturated rings. The first-order valence-corrected chi connectivity index (χ1v) is 8.29. The molecule has 0 aliphatic heterocycles. The highest BCUT2D eigenvalue weighted by molar-refractivity contribution is 5.93. The summed E-state index contributed by atoms with van der Waals surface area (Å²) >= 11 is 0. The number of hydrogen-bond donors (Lipinski definition) is 1. The first-order valence-electron chi connectivity index (χ1n) is 8.29. The topological polar surface area (TPSA) is 71.1 Å². The van der Waals surface area contributed by atoms with Gasteiger partial charge in [-0.15, -0.1) is 10.2 Å². The lowest BCUT2D eigenvalue weighted by Gasteiger charge is -2.12. The van der Waals surface area contributed by atoms with Crippen LogP contribution in [-0.4, -0.2) is 53.8 Å². The minimum atomic E-state index is -0.302. The molecule has 2 aromatic rings.